The summed E-state index contributed by atoms with van der Waals surface area (Å²) in [6, 6.07) is 0. The molecule has 25 heavy (non-hydrogen) atoms. The van der Waals surface area contributed by atoms with Crippen molar-refractivity contribution in [3.8, 4) is 11.5 Å². The van der Waals surface area contributed by atoms with Gasteiger partial charge in [0.2, 0.25) is 0 Å². The van der Waals surface area contributed by atoms with Crippen LogP contribution in [-0.2, 0) is 13.6 Å². The van der Waals surface area contributed by atoms with Crippen LogP contribution < -0.4 is 9.05 Å². The predicted octanol–water partition coefficient (Wildman–Crippen LogP) is 6.09. The van der Waals surface area contributed by atoms with Gasteiger partial charge in [-0.05, 0) is 0 Å². The Hall–Kier alpha value is -0.870. The van der Waals surface area contributed by atoms with Crippen LogP contribution in [0.1, 0.15) is 63.8 Å². The molecule has 1 aromatic carbocycles. The fraction of sp³-hybridized carbons (Fsp3) is 0.684. The van der Waals surface area contributed by atoms with E-state index in [-0.39, 0.29) is 18.3 Å². The average Bonchev–Trinajstić information content (AvgIpc) is 2.76. The first-order valence-corrected chi connectivity index (χ1v) is 10.8. The molecular formula is C19H33O5P. The van der Waals surface area contributed by atoms with Crippen LogP contribution in [0.3, 0.4) is 0 Å². The second kappa shape index (κ2) is 6.70. The first kappa shape index (κ1) is 20.4. The van der Waals surface area contributed by atoms with Crippen molar-refractivity contribution in [2.24, 2.45) is 0 Å². The van der Waals surface area contributed by atoms with E-state index >= 15 is 0 Å². The molecule has 1 aliphatic rings. The Kier molecular flexibility index (Phi) is 5.48. The maximum absolute atomic E-state index is 6.40. The third kappa shape index (κ3) is 3.66. The maximum atomic E-state index is 6.40. The first-order valence-electron chi connectivity index (χ1n) is 8.99. The zero-order valence-corrected chi connectivity index (χ0v) is 18.1. The molecule has 0 N–H and O–H groups in total. The van der Waals surface area contributed by atoms with Crippen molar-refractivity contribution >= 4 is 7.74 Å². The normalized spacial score (nSPS) is 19.5. The summed E-state index contributed by atoms with van der Waals surface area (Å²) in [6.45, 7) is 19.8. The number of rotatable bonds is 6. The fourth-order valence-corrected chi connectivity index (χ4v) is 6.56. The standard InChI is InChI=1S/C19H33O5P/c1-11(2)20-25(21-12(3)4,22-13(5)6)23-18-16(9)14(7)15(8)17(10)19(18)24-25/h11-13H,1-10H3. The van der Waals surface area contributed by atoms with E-state index in [1.165, 1.54) is 11.1 Å². The Labute approximate surface area is 152 Å². The summed E-state index contributed by atoms with van der Waals surface area (Å²) in [6.07, 6.45) is -0.563. The number of hydrogen-bond acceptors (Lipinski definition) is 5. The fourth-order valence-electron chi connectivity index (χ4n) is 3.02. The molecule has 0 saturated carbocycles. The van der Waals surface area contributed by atoms with Crippen molar-refractivity contribution in [2.75, 3.05) is 0 Å². The molecule has 0 aromatic heterocycles. The molecule has 0 spiro atoms. The van der Waals surface area contributed by atoms with E-state index in [1.54, 1.807) is 0 Å². The third-order valence-electron chi connectivity index (χ3n) is 4.20. The SMILES string of the molecule is Cc1c(C)c(C)c2c(c1C)OP(OC(C)C)(OC(C)C)(OC(C)C)O2. The zero-order chi connectivity index (χ0) is 19.2. The van der Waals surface area contributed by atoms with Crippen molar-refractivity contribution in [3.05, 3.63) is 22.3 Å². The molecule has 0 bridgehead atoms. The molecule has 0 atom stereocenters. The van der Waals surface area contributed by atoms with Gasteiger partial charge in [0.1, 0.15) is 0 Å². The van der Waals surface area contributed by atoms with Crippen molar-refractivity contribution in [1.82, 2.24) is 0 Å². The topological polar surface area (TPSA) is 46.2 Å². The Bertz CT molecular complexity index is 596. The van der Waals surface area contributed by atoms with Gasteiger partial charge >= 0.3 is 152 Å². The van der Waals surface area contributed by atoms with Gasteiger partial charge in [0.05, 0.1) is 0 Å². The summed E-state index contributed by atoms with van der Waals surface area (Å²) >= 11 is 0. The molecule has 1 heterocycles. The monoisotopic (exact) mass is 372 g/mol. The minimum absolute atomic E-state index is 0.188. The Morgan fingerprint density at radius 2 is 0.840 bits per heavy atom. The quantitative estimate of drug-likeness (QED) is 0.565. The Morgan fingerprint density at radius 3 is 1.08 bits per heavy atom. The van der Waals surface area contributed by atoms with Crippen molar-refractivity contribution in [2.45, 2.75) is 87.5 Å². The van der Waals surface area contributed by atoms with E-state index in [2.05, 4.69) is 13.8 Å². The Morgan fingerprint density at radius 1 is 0.560 bits per heavy atom. The summed E-state index contributed by atoms with van der Waals surface area (Å²) in [7, 11) is -4.28. The number of hydrogen-bond donors (Lipinski definition) is 0. The predicted molar refractivity (Wildman–Crippen MR) is 102 cm³/mol. The van der Waals surface area contributed by atoms with Gasteiger partial charge in [0.15, 0.2) is 0 Å². The Balaban J connectivity index is 2.70. The molecule has 144 valence electrons. The van der Waals surface area contributed by atoms with Crippen LogP contribution in [0.5, 0.6) is 11.5 Å². The average molecular weight is 372 g/mol. The van der Waals surface area contributed by atoms with Crippen molar-refractivity contribution in [1.29, 1.82) is 0 Å². The van der Waals surface area contributed by atoms with Gasteiger partial charge < -0.3 is 0 Å². The molecule has 0 saturated heterocycles. The summed E-state index contributed by atoms with van der Waals surface area (Å²) in [5, 5.41) is 0. The van der Waals surface area contributed by atoms with E-state index in [0.717, 1.165) is 11.1 Å². The van der Waals surface area contributed by atoms with E-state index in [0.29, 0.717) is 11.5 Å². The summed E-state index contributed by atoms with van der Waals surface area (Å²) in [4.78, 5) is 0. The zero-order valence-electron chi connectivity index (χ0n) is 17.2. The van der Waals surface area contributed by atoms with Crippen LogP contribution in [0.4, 0.5) is 0 Å². The van der Waals surface area contributed by atoms with Gasteiger partial charge in [-0.1, -0.05) is 0 Å². The van der Waals surface area contributed by atoms with Gasteiger partial charge in [0.25, 0.3) is 0 Å². The van der Waals surface area contributed by atoms with Crippen LogP contribution in [-0.4, -0.2) is 18.3 Å². The van der Waals surface area contributed by atoms with E-state index in [1.807, 2.05) is 55.4 Å². The van der Waals surface area contributed by atoms with Gasteiger partial charge in [-0.2, -0.15) is 0 Å². The van der Waals surface area contributed by atoms with E-state index in [9.17, 15) is 0 Å². The van der Waals surface area contributed by atoms with Crippen molar-refractivity contribution in [3.63, 3.8) is 0 Å². The summed E-state index contributed by atoms with van der Waals surface area (Å²) in [5.41, 5.74) is 4.40. The summed E-state index contributed by atoms with van der Waals surface area (Å²) in [5.74, 6) is 1.33. The molecule has 6 heteroatoms. The molecule has 1 aromatic rings. The molecule has 0 aliphatic carbocycles. The molecular weight excluding hydrogens is 339 g/mol. The van der Waals surface area contributed by atoms with Crippen LogP contribution in [0, 0.1) is 27.7 Å². The van der Waals surface area contributed by atoms with Crippen molar-refractivity contribution < 1.29 is 22.6 Å². The third-order valence-corrected chi connectivity index (χ3v) is 7.46. The molecule has 5 nitrogen and oxygen atoms in total. The summed E-state index contributed by atoms with van der Waals surface area (Å²) < 4.78 is 31.5. The van der Waals surface area contributed by atoms with Gasteiger partial charge in [-0.15, -0.1) is 0 Å². The van der Waals surface area contributed by atoms with E-state index in [4.69, 9.17) is 22.6 Å². The van der Waals surface area contributed by atoms with E-state index < -0.39 is 7.74 Å². The van der Waals surface area contributed by atoms with Gasteiger partial charge in [0, 0.05) is 0 Å². The minimum atomic E-state index is -4.28. The van der Waals surface area contributed by atoms with Crippen LogP contribution >= 0.6 is 7.74 Å². The van der Waals surface area contributed by atoms with Crippen LogP contribution in [0.15, 0.2) is 0 Å². The van der Waals surface area contributed by atoms with Gasteiger partial charge in [-0.3, -0.25) is 0 Å². The molecule has 0 amide bonds. The van der Waals surface area contributed by atoms with Crippen LogP contribution in [0.2, 0.25) is 0 Å². The molecule has 0 unspecified atom stereocenters. The second-order valence-electron chi connectivity index (χ2n) is 7.55. The first-order chi connectivity index (χ1) is 11.4. The number of fused-ring (bicyclic) bond motifs is 1. The van der Waals surface area contributed by atoms with Gasteiger partial charge in [-0.25, -0.2) is 0 Å². The number of benzene rings is 1. The molecule has 2 rings (SSSR count). The van der Waals surface area contributed by atoms with Crippen LogP contribution in [0.25, 0.3) is 0 Å². The molecule has 0 fully saturated rings. The second-order valence-corrected chi connectivity index (χ2v) is 10.0. The molecule has 0 radical (unpaired) electrons. The molecule has 1 aliphatic heterocycles.